The molecule has 0 amide bonds. The third kappa shape index (κ3) is 6.62. The molecule has 0 radical (unpaired) electrons. The molecule has 0 saturated heterocycles. The number of benzene rings is 2. The van der Waals surface area contributed by atoms with Crippen LogP contribution in [0.25, 0.3) is 0 Å². The van der Waals surface area contributed by atoms with Gasteiger partial charge in [-0.3, -0.25) is 0 Å². The minimum atomic E-state index is -0.621. The molecular weight excluding hydrogens is 495 g/mol. The Labute approximate surface area is 186 Å². The Balaban J connectivity index is 0.00000420. The fourth-order valence-corrected chi connectivity index (χ4v) is 2.66. The lowest BCUT2D eigenvalue weighted by Gasteiger charge is -2.19. The van der Waals surface area contributed by atoms with Crippen LogP contribution in [0.5, 0.6) is 17.2 Å². The number of nitrogens with one attached hydrogen (secondary N) is 2. The molecule has 1 atom stereocenters. The Morgan fingerprint density at radius 3 is 2.28 bits per heavy atom. The van der Waals surface area contributed by atoms with E-state index in [4.69, 9.17) is 9.47 Å². The third-order valence-electron chi connectivity index (χ3n) is 4.09. The summed E-state index contributed by atoms with van der Waals surface area (Å²) in [4.78, 5) is 4.48. The van der Waals surface area contributed by atoms with E-state index in [2.05, 4.69) is 15.6 Å². The second-order valence-electron chi connectivity index (χ2n) is 6.08. The van der Waals surface area contributed by atoms with E-state index in [1.54, 1.807) is 19.1 Å². The zero-order valence-corrected chi connectivity index (χ0v) is 19.1. The maximum atomic E-state index is 14.0. The van der Waals surface area contributed by atoms with Gasteiger partial charge < -0.3 is 25.2 Å². The molecule has 0 aliphatic heterocycles. The standard InChI is InChI=1S/C20H25F2N3O3.HI/c1-5-23-20(25-12(2)15-7-6-14(21)10-16(15)22)24-11-13-8-17(27-3)19(26)18(9-13)28-4;/h6-10,12,26H,5,11H2,1-4H3,(H2,23,24,25);1H. The number of nitrogens with zero attached hydrogens (tertiary/aromatic N) is 1. The summed E-state index contributed by atoms with van der Waals surface area (Å²) in [6.45, 7) is 4.54. The summed E-state index contributed by atoms with van der Waals surface area (Å²) in [5.41, 5.74) is 1.09. The van der Waals surface area contributed by atoms with Crippen molar-refractivity contribution in [3.05, 3.63) is 53.1 Å². The molecule has 0 fully saturated rings. The van der Waals surface area contributed by atoms with Crippen molar-refractivity contribution < 1.29 is 23.4 Å². The molecule has 0 aliphatic rings. The lowest BCUT2D eigenvalue weighted by atomic mass is 10.1. The molecule has 0 aromatic heterocycles. The molecule has 0 heterocycles. The van der Waals surface area contributed by atoms with Crippen molar-refractivity contribution in [2.45, 2.75) is 26.4 Å². The van der Waals surface area contributed by atoms with Crippen LogP contribution in [0.4, 0.5) is 8.78 Å². The van der Waals surface area contributed by atoms with Crippen LogP contribution >= 0.6 is 24.0 Å². The second-order valence-corrected chi connectivity index (χ2v) is 6.08. The van der Waals surface area contributed by atoms with Gasteiger partial charge in [0.05, 0.1) is 26.8 Å². The monoisotopic (exact) mass is 521 g/mol. The van der Waals surface area contributed by atoms with E-state index in [-0.39, 0.29) is 47.8 Å². The number of aromatic hydroxyl groups is 1. The highest BCUT2D eigenvalue weighted by molar-refractivity contribution is 14.0. The van der Waals surface area contributed by atoms with Gasteiger partial charge in [-0.05, 0) is 37.6 Å². The van der Waals surface area contributed by atoms with E-state index in [9.17, 15) is 13.9 Å². The highest BCUT2D eigenvalue weighted by Crippen LogP contribution is 2.37. The Morgan fingerprint density at radius 1 is 1.14 bits per heavy atom. The first kappa shape index (κ1) is 24.7. The van der Waals surface area contributed by atoms with E-state index in [1.807, 2.05) is 6.92 Å². The van der Waals surface area contributed by atoms with Gasteiger partial charge in [0.15, 0.2) is 17.5 Å². The van der Waals surface area contributed by atoms with Gasteiger partial charge >= 0.3 is 0 Å². The maximum absolute atomic E-state index is 14.0. The largest absolute Gasteiger partial charge is 0.502 e. The molecule has 3 N–H and O–H groups in total. The van der Waals surface area contributed by atoms with E-state index in [1.165, 1.54) is 26.4 Å². The number of guanidine groups is 1. The number of rotatable bonds is 7. The first-order valence-electron chi connectivity index (χ1n) is 8.83. The summed E-state index contributed by atoms with van der Waals surface area (Å²) in [5, 5.41) is 16.2. The molecule has 2 aromatic carbocycles. The molecule has 9 heteroatoms. The first-order chi connectivity index (χ1) is 13.4. The smallest absolute Gasteiger partial charge is 0.200 e. The minimum Gasteiger partial charge on any atom is -0.502 e. The zero-order valence-electron chi connectivity index (χ0n) is 16.8. The predicted molar refractivity (Wildman–Crippen MR) is 119 cm³/mol. The average Bonchev–Trinajstić information content (AvgIpc) is 2.66. The molecule has 1 unspecified atom stereocenters. The van der Waals surface area contributed by atoms with Crippen LogP contribution in [0.2, 0.25) is 0 Å². The van der Waals surface area contributed by atoms with Crippen LogP contribution in [0, 0.1) is 11.6 Å². The summed E-state index contributed by atoms with van der Waals surface area (Å²) in [6.07, 6.45) is 0. The third-order valence-corrected chi connectivity index (χ3v) is 4.09. The van der Waals surface area contributed by atoms with Crippen LogP contribution in [0.15, 0.2) is 35.3 Å². The van der Waals surface area contributed by atoms with Crippen LogP contribution in [0.3, 0.4) is 0 Å². The van der Waals surface area contributed by atoms with E-state index >= 15 is 0 Å². The summed E-state index contributed by atoms with van der Waals surface area (Å²) in [5.74, 6) is -0.297. The fourth-order valence-electron chi connectivity index (χ4n) is 2.66. The molecule has 0 spiro atoms. The zero-order chi connectivity index (χ0) is 20.7. The molecule has 0 saturated carbocycles. The molecular formula is C20H26F2IN3O3. The van der Waals surface area contributed by atoms with E-state index < -0.39 is 17.7 Å². The lowest BCUT2D eigenvalue weighted by Crippen LogP contribution is -2.39. The summed E-state index contributed by atoms with van der Waals surface area (Å²) in [6, 6.07) is 6.37. The number of methoxy groups -OCH3 is 2. The van der Waals surface area contributed by atoms with Gasteiger partial charge in [0.2, 0.25) is 5.75 Å². The number of hydrogen-bond acceptors (Lipinski definition) is 4. The van der Waals surface area contributed by atoms with Gasteiger partial charge in [-0.1, -0.05) is 6.07 Å². The number of ether oxygens (including phenoxy) is 2. The molecule has 29 heavy (non-hydrogen) atoms. The Kier molecular flexibility index (Phi) is 9.93. The van der Waals surface area contributed by atoms with Crippen molar-refractivity contribution in [1.29, 1.82) is 0 Å². The topological polar surface area (TPSA) is 75.1 Å². The first-order valence-corrected chi connectivity index (χ1v) is 8.83. The predicted octanol–water partition coefficient (Wildman–Crippen LogP) is 4.12. The molecule has 0 aliphatic carbocycles. The van der Waals surface area contributed by atoms with Gasteiger partial charge in [-0.15, -0.1) is 24.0 Å². The lowest BCUT2D eigenvalue weighted by molar-refractivity contribution is 0.339. The number of hydrogen-bond donors (Lipinski definition) is 3. The van der Waals surface area contributed by atoms with E-state index in [0.717, 1.165) is 11.6 Å². The molecule has 160 valence electrons. The van der Waals surface area contributed by atoms with Crippen molar-refractivity contribution >= 4 is 29.9 Å². The van der Waals surface area contributed by atoms with Crippen LogP contribution in [-0.4, -0.2) is 31.8 Å². The number of halogens is 3. The molecule has 2 rings (SSSR count). The number of aliphatic imine (C=N–C) groups is 1. The minimum absolute atomic E-state index is 0. The number of phenolic OH excluding ortho intramolecular Hbond substituents is 1. The highest BCUT2D eigenvalue weighted by Gasteiger charge is 2.14. The van der Waals surface area contributed by atoms with Crippen molar-refractivity contribution in [2.75, 3.05) is 20.8 Å². The summed E-state index contributed by atoms with van der Waals surface area (Å²) < 4.78 is 37.4. The van der Waals surface area contributed by atoms with Crippen LogP contribution < -0.4 is 20.1 Å². The maximum Gasteiger partial charge on any atom is 0.200 e. The average molecular weight is 521 g/mol. The van der Waals surface area contributed by atoms with Gasteiger partial charge in [-0.2, -0.15) is 0 Å². The Morgan fingerprint density at radius 2 is 1.76 bits per heavy atom. The van der Waals surface area contributed by atoms with Crippen LogP contribution in [0.1, 0.15) is 31.0 Å². The normalized spacial score (nSPS) is 12.0. The summed E-state index contributed by atoms with van der Waals surface area (Å²) in [7, 11) is 2.90. The van der Waals surface area contributed by atoms with E-state index in [0.29, 0.717) is 18.1 Å². The highest BCUT2D eigenvalue weighted by atomic mass is 127. The van der Waals surface area contributed by atoms with Gasteiger partial charge in [0.25, 0.3) is 0 Å². The molecule has 2 aromatic rings. The fraction of sp³-hybridized carbons (Fsp3) is 0.350. The Bertz CT molecular complexity index is 825. The molecule has 0 bridgehead atoms. The van der Waals surface area contributed by atoms with Gasteiger partial charge in [0, 0.05) is 18.2 Å². The summed E-state index contributed by atoms with van der Waals surface area (Å²) >= 11 is 0. The van der Waals surface area contributed by atoms with Crippen molar-refractivity contribution in [2.24, 2.45) is 4.99 Å². The molecule has 6 nitrogen and oxygen atoms in total. The van der Waals surface area contributed by atoms with Crippen LogP contribution in [-0.2, 0) is 6.54 Å². The number of phenols is 1. The van der Waals surface area contributed by atoms with Crippen molar-refractivity contribution in [3.8, 4) is 17.2 Å². The second kappa shape index (κ2) is 11.6. The van der Waals surface area contributed by atoms with Crippen molar-refractivity contribution in [3.63, 3.8) is 0 Å². The SMILES string of the molecule is CCNC(=NCc1cc(OC)c(O)c(OC)c1)NC(C)c1ccc(F)cc1F.I. The quantitative estimate of drug-likeness (QED) is 0.291. The van der Waals surface area contributed by atoms with Gasteiger partial charge in [-0.25, -0.2) is 13.8 Å². The van der Waals surface area contributed by atoms with Crippen molar-refractivity contribution in [1.82, 2.24) is 10.6 Å². The van der Waals surface area contributed by atoms with Gasteiger partial charge in [0.1, 0.15) is 11.6 Å². The Hall–Kier alpha value is -2.30.